The predicted octanol–water partition coefficient (Wildman–Crippen LogP) is 1.57. The number of rotatable bonds is 4. The second kappa shape index (κ2) is 5.12. The quantitative estimate of drug-likeness (QED) is 0.586. The summed E-state index contributed by atoms with van der Waals surface area (Å²) in [4.78, 5) is 22.5. The molecular weight excluding hydrogens is 214 g/mol. The van der Waals surface area contributed by atoms with Gasteiger partial charge in [-0.2, -0.15) is 0 Å². The predicted molar refractivity (Wildman–Crippen MR) is 59.8 cm³/mol. The molecule has 4 heteroatoms. The fourth-order valence-electron chi connectivity index (χ4n) is 1.36. The molecule has 0 radical (unpaired) electrons. The van der Waals surface area contributed by atoms with Crippen LogP contribution in [0.4, 0.5) is 0 Å². The van der Waals surface area contributed by atoms with Crippen molar-refractivity contribution >= 4 is 23.2 Å². The number of hydrogen-bond acceptors (Lipinski definition) is 3. The van der Waals surface area contributed by atoms with E-state index in [0.29, 0.717) is 5.70 Å². The van der Waals surface area contributed by atoms with Crippen molar-refractivity contribution < 1.29 is 9.59 Å². The maximum Gasteiger partial charge on any atom is 0.201 e. The number of carbonyl (C=O) groups is 2. The van der Waals surface area contributed by atoms with Gasteiger partial charge in [0.2, 0.25) is 5.78 Å². The molecule has 0 amide bonds. The van der Waals surface area contributed by atoms with Gasteiger partial charge in [-0.15, -0.1) is 11.6 Å². The molecule has 0 aromatic heterocycles. The van der Waals surface area contributed by atoms with Gasteiger partial charge in [0.15, 0.2) is 5.78 Å². The van der Waals surface area contributed by atoms with Gasteiger partial charge < -0.3 is 5.32 Å². The molecule has 3 nitrogen and oxygen atoms in total. The summed E-state index contributed by atoms with van der Waals surface area (Å²) < 4.78 is 0. The van der Waals surface area contributed by atoms with E-state index in [-0.39, 0.29) is 23.0 Å². The van der Waals surface area contributed by atoms with Crippen molar-refractivity contribution in [2.75, 3.05) is 0 Å². The van der Waals surface area contributed by atoms with Crippen LogP contribution in [-0.4, -0.2) is 23.0 Å². The number of ketones is 2. The molecule has 0 aromatic carbocycles. The van der Waals surface area contributed by atoms with Crippen molar-refractivity contribution in [2.24, 2.45) is 0 Å². The van der Waals surface area contributed by atoms with E-state index in [1.165, 1.54) is 18.2 Å². The monoisotopic (exact) mass is 227 g/mol. The van der Waals surface area contributed by atoms with Gasteiger partial charge in [0.05, 0.1) is 11.1 Å². The third kappa shape index (κ3) is 3.20. The standard InChI is InChI=1S/C11H14ClNO2/c1-3-9(7(2)12)13-10-6-8(14)4-5-11(10)15/h4-7,9,13H,3H2,1-2H3. The van der Waals surface area contributed by atoms with E-state index in [4.69, 9.17) is 11.6 Å². The van der Waals surface area contributed by atoms with Gasteiger partial charge in [0, 0.05) is 12.1 Å². The van der Waals surface area contributed by atoms with Gasteiger partial charge in [-0.1, -0.05) is 6.92 Å². The molecule has 2 unspecified atom stereocenters. The number of hydrogen-bond donors (Lipinski definition) is 1. The first-order valence-electron chi connectivity index (χ1n) is 4.93. The molecule has 0 saturated carbocycles. The van der Waals surface area contributed by atoms with Crippen molar-refractivity contribution in [2.45, 2.75) is 31.7 Å². The maximum atomic E-state index is 11.4. The molecular formula is C11H14ClNO2. The Hall–Kier alpha value is -1.09. The zero-order chi connectivity index (χ0) is 11.4. The first-order valence-corrected chi connectivity index (χ1v) is 5.37. The molecule has 1 aliphatic carbocycles. The Morgan fingerprint density at radius 1 is 1.40 bits per heavy atom. The van der Waals surface area contributed by atoms with Crippen LogP contribution < -0.4 is 5.32 Å². The Morgan fingerprint density at radius 3 is 2.60 bits per heavy atom. The summed E-state index contributed by atoms with van der Waals surface area (Å²) in [7, 11) is 0. The zero-order valence-corrected chi connectivity index (χ0v) is 9.54. The summed E-state index contributed by atoms with van der Waals surface area (Å²) in [5, 5.41) is 2.90. The van der Waals surface area contributed by atoms with Crippen LogP contribution in [0.25, 0.3) is 0 Å². The van der Waals surface area contributed by atoms with E-state index in [9.17, 15) is 9.59 Å². The summed E-state index contributed by atoms with van der Waals surface area (Å²) in [5.41, 5.74) is 0.335. The minimum absolute atomic E-state index is 0.00108. The van der Waals surface area contributed by atoms with Crippen molar-refractivity contribution in [1.82, 2.24) is 5.32 Å². The molecule has 0 aromatic rings. The lowest BCUT2D eigenvalue weighted by Gasteiger charge is -2.21. The molecule has 0 fully saturated rings. The number of alkyl halides is 1. The highest BCUT2D eigenvalue weighted by molar-refractivity contribution is 6.21. The Kier molecular flexibility index (Phi) is 4.09. The lowest BCUT2D eigenvalue weighted by atomic mass is 10.1. The zero-order valence-electron chi connectivity index (χ0n) is 8.79. The first kappa shape index (κ1) is 12.0. The van der Waals surface area contributed by atoms with E-state index in [0.717, 1.165) is 6.42 Å². The maximum absolute atomic E-state index is 11.4. The van der Waals surface area contributed by atoms with Crippen LogP contribution in [0.3, 0.4) is 0 Å². The van der Waals surface area contributed by atoms with Gasteiger partial charge >= 0.3 is 0 Å². The average molecular weight is 228 g/mol. The smallest absolute Gasteiger partial charge is 0.201 e. The summed E-state index contributed by atoms with van der Waals surface area (Å²) in [6.45, 7) is 3.83. The number of allylic oxidation sites excluding steroid dienone is 3. The molecule has 15 heavy (non-hydrogen) atoms. The molecule has 2 atom stereocenters. The Morgan fingerprint density at radius 2 is 2.07 bits per heavy atom. The van der Waals surface area contributed by atoms with Crippen LogP contribution in [-0.2, 0) is 9.59 Å². The molecule has 1 aliphatic rings. The summed E-state index contributed by atoms with van der Waals surface area (Å²) in [5.74, 6) is -0.348. The van der Waals surface area contributed by atoms with Crippen LogP contribution in [0.5, 0.6) is 0 Å². The number of carbonyl (C=O) groups excluding carboxylic acids is 2. The molecule has 1 rings (SSSR count). The van der Waals surface area contributed by atoms with Crippen LogP contribution in [0.2, 0.25) is 0 Å². The molecule has 1 N–H and O–H groups in total. The van der Waals surface area contributed by atoms with Crippen LogP contribution in [0.15, 0.2) is 23.9 Å². The average Bonchev–Trinajstić information content (AvgIpc) is 2.18. The van der Waals surface area contributed by atoms with E-state index in [1.54, 1.807) is 0 Å². The van der Waals surface area contributed by atoms with Gasteiger partial charge in [-0.3, -0.25) is 9.59 Å². The highest BCUT2D eigenvalue weighted by Crippen LogP contribution is 2.10. The first-order chi connectivity index (χ1) is 7.04. The lowest BCUT2D eigenvalue weighted by Crippen LogP contribution is -2.37. The molecule has 0 bridgehead atoms. The van der Waals surface area contributed by atoms with Gasteiger partial charge in [0.1, 0.15) is 0 Å². The van der Waals surface area contributed by atoms with Crippen molar-refractivity contribution in [3.05, 3.63) is 23.9 Å². The van der Waals surface area contributed by atoms with Crippen molar-refractivity contribution in [3.63, 3.8) is 0 Å². The summed E-state index contributed by atoms with van der Waals surface area (Å²) >= 11 is 5.94. The molecule has 0 heterocycles. The van der Waals surface area contributed by atoms with Gasteiger partial charge in [-0.05, 0) is 25.5 Å². The minimum atomic E-state index is -0.176. The van der Waals surface area contributed by atoms with Crippen molar-refractivity contribution in [3.8, 4) is 0 Å². The SMILES string of the molecule is CCC(NC1=CC(=O)C=CC1=O)C(C)Cl. The Balaban J connectivity index is 2.72. The normalized spacial score (nSPS) is 19.8. The third-order valence-electron chi connectivity index (χ3n) is 2.29. The van der Waals surface area contributed by atoms with Crippen LogP contribution in [0.1, 0.15) is 20.3 Å². The van der Waals surface area contributed by atoms with Gasteiger partial charge in [0.25, 0.3) is 0 Å². The summed E-state index contributed by atoms with van der Waals surface area (Å²) in [6.07, 6.45) is 4.65. The molecule has 0 saturated heterocycles. The second-order valence-corrected chi connectivity index (χ2v) is 4.18. The van der Waals surface area contributed by atoms with E-state index in [1.807, 2.05) is 13.8 Å². The van der Waals surface area contributed by atoms with Crippen LogP contribution in [0, 0.1) is 0 Å². The van der Waals surface area contributed by atoms with Crippen LogP contribution >= 0.6 is 11.6 Å². The highest BCUT2D eigenvalue weighted by Gasteiger charge is 2.19. The third-order valence-corrected chi connectivity index (χ3v) is 2.59. The largest absolute Gasteiger partial charge is 0.378 e. The molecule has 82 valence electrons. The highest BCUT2D eigenvalue weighted by atomic mass is 35.5. The number of halogens is 1. The Bertz CT molecular complexity index is 331. The molecule has 0 spiro atoms. The lowest BCUT2D eigenvalue weighted by molar-refractivity contribution is -0.114. The minimum Gasteiger partial charge on any atom is -0.378 e. The second-order valence-electron chi connectivity index (χ2n) is 3.49. The fraction of sp³-hybridized carbons (Fsp3) is 0.455. The topological polar surface area (TPSA) is 46.2 Å². The molecule has 0 aliphatic heterocycles. The fourth-order valence-corrected chi connectivity index (χ4v) is 1.60. The van der Waals surface area contributed by atoms with E-state index < -0.39 is 0 Å². The van der Waals surface area contributed by atoms with Crippen molar-refractivity contribution in [1.29, 1.82) is 0 Å². The van der Waals surface area contributed by atoms with E-state index >= 15 is 0 Å². The number of nitrogens with one attached hydrogen (secondary N) is 1. The van der Waals surface area contributed by atoms with E-state index in [2.05, 4.69) is 5.32 Å². The Labute approximate surface area is 94.2 Å². The van der Waals surface area contributed by atoms with Gasteiger partial charge in [-0.25, -0.2) is 0 Å². The summed E-state index contributed by atoms with van der Waals surface area (Å²) in [6, 6.07) is 0.00108.